The lowest BCUT2D eigenvalue weighted by atomic mass is 9.93. The topological polar surface area (TPSA) is 70.6 Å². The van der Waals surface area contributed by atoms with Crippen LogP contribution in [0, 0.1) is 11.6 Å². The second kappa shape index (κ2) is 6.68. The number of aliphatic hydroxyl groups excluding tert-OH is 1. The molecule has 0 aromatic heterocycles. The summed E-state index contributed by atoms with van der Waals surface area (Å²) >= 11 is 0. The van der Waals surface area contributed by atoms with E-state index in [1.165, 1.54) is 0 Å². The van der Waals surface area contributed by atoms with E-state index in [0.29, 0.717) is 6.42 Å². The number of ether oxygens (including phenoxy) is 1. The summed E-state index contributed by atoms with van der Waals surface area (Å²) < 4.78 is 32.1. The Balaban J connectivity index is 1.79. The number of aliphatic hydroxyl groups is 1. The SMILES string of the molecule is COc1c(F)cc(NC(=O)NC2(CO)CCc3ccccc32)cc1F. The minimum atomic E-state index is -0.916. The Kier molecular flexibility index (Phi) is 4.59. The van der Waals surface area contributed by atoms with Crippen LogP contribution in [0.15, 0.2) is 36.4 Å². The van der Waals surface area contributed by atoms with E-state index in [9.17, 15) is 18.7 Å². The fourth-order valence-corrected chi connectivity index (χ4v) is 3.23. The number of fused-ring (bicyclic) bond motifs is 1. The van der Waals surface area contributed by atoms with Crippen molar-refractivity contribution in [1.29, 1.82) is 0 Å². The fraction of sp³-hybridized carbons (Fsp3) is 0.278. The van der Waals surface area contributed by atoms with E-state index < -0.39 is 29.0 Å². The van der Waals surface area contributed by atoms with Crippen molar-refractivity contribution in [3.05, 3.63) is 59.2 Å². The summed E-state index contributed by atoms with van der Waals surface area (Å²) in [6.45, 7) is -0.275. The number of aryl methyl sites for hydroxylation is 1. The highest BCUT2D eigenvalue weighted by Crippen LogP contribution is 2.36. The minimum Gasteiger partial charge on any atom is -0.491 e. The van der Waals surface area contributed by atoms with Crippen LogP contribution in [-0.4, -0.2) is 24.9 Å². The van der Waals surface area contributed by atoms with Crippen molar-refractivity contribution in [2.24, 2.45) is 0 Å². The molecule has 1 aliphatic carbocycles. The zero-order valence-electron chi connectivity index (χ0n) is 13.6. The van der Waals surface area contributed by atoms with E-state index in [1.54, 1.807) is 0 Å². The molecule has 0 spiro atoms. The van der Waals surface area contributed by atoms with Crippen molar-refractivity contribution in [3.8, 4) is 5.75 Å². The van der Waals surface area contributed by atoms with Gasteiger partial charge in [-0.2, -0.15) is 0 Å². The van der Waals surface area contributed by atoms with Crippen LogP contribution in [0.5, 0.6) is 5.75 Å². The van der Waals surface area contributed by atoms with E-state index in [-0.39, 0.29) is 12.3 Å². The second-order valence-electron chi connectivity index (χ2n) is 5.95. The Hall–Kier alpha value is -2.67. The minimum absolute atomic E-state index is 0.0485. The number of carbonyl (C=O) groups is 1. The molecule has 5 nitrogen and oxygen atoms in total. The normalized spacial score (nSPS) is 18.6. The number of carbonyl (C=O) groups excluding carboxylic acids is 1. The maximum atomic E-state index is 13.7. The molecule has 0 radical (unpaired) electrons. The van der Waals surface area contributed by atoms with Crippen LogP contribution in [0.25, 0.3) is 0 Å². The van der Waals surface area contributed by atoms with Gasteiger partial charge < -0.3 is 20.5 Å². The van der Waals surface area contributed by atoms with Gasteiger partial charge in [0.1, 0.15) is 0 Å². The molecule has 1 aliphatic rings. The lowest BCUT2D eigenvalue weighted by molar-refractivity contribution is 0.164. The maximum Gasteiger partial charge on any atom is 0.320 e. The summed E-state index contributed by atoms with van der Waals surface area (Å²) in [6.07, 6.45) is 1.27. The van der Waals surface area contributed by atoms with Crippen molar-refractivity contribution in [2.75, 3.05) is 19.0 Å². The first-order valence-electron chi connectivity index (χ1n) is 7.80. The van der Waals surface area contributed by atoms with E-state index >= 15 is 0 Å². The number of hydrogen-bond acceptors (Lipinski definition) is 3. The third-order valence-corrected chi connectivity index (χ3v) is 4.44. The molecule has 0 bridgehead atoms. The molecule has 2 amide bonds. The van der Waals surface area contributed by atoms with Gasteiger partial charge in [-0.05, 0) is 24.0 Å². The third-order valence-electron chi connectivity index (χ3n) is 4.44. The van der Waals surface area contributed by atoms with Crippen molar-refractivity contribution < 1.29 is 23.4 Å². The van der Waals surface area contributed by atoms with Gasteiger partial charge in [-0.1, -0.05) is 24.3 Å². The van der Waals surface area contributed by atoms with Crippen LogP contribution < -0.4 is 15.4 Å². The van der Waals surface area contributed by atoms with Crippen LogP contribution in [0.3, 0.4) is 0 Å². The van der Waals surface area contributed by atoms with Crippen molar-refractivity contribution >= 4 is 11.7 Å². The predicted octanol–water partition coefficient (Wildman–Crippen LogP) is 2.93. The maximum absolute atomic E-state index is 13.7. The standard InChI is InChI=1S/C18H18F2N2O3/c1-25-16-14(19)8-12(9-15(16)20)21-17(24)22-18(10-23)7-6-11-4-2-3-5-13(11)18/h2-5,8-9,23H,6-7,10H2,1H3,(H2,21,22,24). The first-order valence-corrected chi connectivity index (χ1v) is 7.80. The lowest BCUT2D eigenvalue weighted by Gasteiger charge is -2.29. The average Bonchev–Trinajstić information content (AvgIpc) is 2.94. The summed E-state index contributed by atoms with van der Waals surface area (Å²) in [4.78, 5) is 12.3. The van der Waals surface area contributed by atoms with E-state index in [2.05, 4.69) is 15.4 Å². The first-order chi connectivity index (χ1) is 12.0. The molecular formula is C18H18F2N2O3. The number of nitrogens with one attached hydrogen (secondary N) is 2. The summed E-state index contributed by atoms with van der Waals surface area (Å²) in [5, 5.41) is 15.0. The summed E-state index contributed by atoms with van der Waals surface area (Å²) in [7, 11) is 1.16. The Morgan fingerprint density at radius 2 is 1.96 bits per heavy atom. The van der Waals surface area contributed by atoms with E-state index in [4.69, 9.17) is 0 Å². The molecule has 25 heavy (non-hydrogen) atoms. The number of halogens is 2. The summed E-state index contributed by atoms with van der Waals surface area (Å²) in [5.74, 6) is -2.34. The molecule has 2 aromatic rings. The Labute approximate surface area is 143 Å². The quantitative estimate of drug-likeness (QED) is 0.796. The van der Waals surface area contributed by atoms with Crippen LogP contribution in [0.2, 0.25) is 0 Å². The lowest BCUT2D eigenvalue weighted by Crippen LogP contribution is -2.48. The van der Waals surface area contributed by atoms with Gasteiger partial charge in [-0.25, -0.2) is 13.6 Å². The van der Waals surface area contributed by atoms with Crippen LogP contribution in [0.4, 0.5) is 19.3 Å². The van der Waals surface area contributed by atoms with Gasteiger partial charge in [0, 0.05) is 17.8 Å². The highest BCUT2D eigenvalue weighted by molar-refractivity contribution is 5.90. The van der Waals surface area contributed by atoms with Gasteiger partial charge in [0.25, 0.3) is 0 Å². The highest BCUT2D eigenvalue weighted by Gasteiger charge is 2.39. The molecule has 0 aliphatic heterocycles. The Morgan fingerprint density at radius 3 is 2.60 bits per heavy atom. The number of hydrogen-bond donors (Lipinski definition) is 3. The van der Waals surface area contributed by atoms with Crippen molar-refractivity contribution in [1.82, 2.24) is 5.32 Å². The Morgan fingerprint density at radius 1 is 1.28 bits per heavy atom. The van der Waals surface area contributed by atoms with Gasteiger partial charge in [0.05, 0.1) is 19.3 Å². The van der Waals surface area contributed by atoms with E-state index in [0.717, 1.165) is 36.8 Å². The molecule has 1 atom stereocenters. The van der Waals surface area contributed by atoms with Crippen molar-refractivity contribution in [2.45, 2.75) is 18.4 Å². The number of benzene rings is 2. The van der Waals surface area contributed by atoms with Crippen molar-refractivity contribution in [3.63, 3.8) is 0 Å². The van der Waals surface area contributed by atoms with Gasteiger partial charge in [-0.3, -0.25) is 0 Å². The highest BCUT2D eigenvalue weighted by atomic mass is 19.1. The van der Waals surface area contributed by atoms with Gasteiger partial charge in [-0.15, -0.1) is 0 Å². The van der Waals surface area contributed by atoms with Gasteiger partial charge in [0.15, 0.2) is 17.4 Å². The zero-order chi connectivity index (χ0) is 18.0. The summed E-state index contributed by atoms with van der Waals surface area (Å²) in [5.41, 5.74) is 0.940. The number of rotatable bonds is 4. The van der Waals surface area contributed by atoms with Gasteiger partial charge >= 0.3 is 6.03 Å². The molecule has 0 heterocycles. The molecule has 3 N–H and O–H groups in total. The zero-order valence-corrected chi connectivity index (χ0v) is 13.6. The van der Waals surface area contributed by atoms with Crippen LogP contribution in [0.1, 0.15) is 17.5 Å². The molecule has 1 unspecified atom stereocenters. The number of methoxy groups -OCH3 is 1. The molecule has 0 fully saturated rings. The van der Waals surface area contributed by atoms with Crippen LogP contribution in [-0.2, 0) is 12.0 Å². The third kappa shape index (κ3) is 3.15. The number of anilines is 1. The largest absolute Gasteiger partial charge is 0.491 e. The monoisotopic (exact) mass is 348 g/mol. The number of urea groups is 1. The first kappa shape index (κ1) is 17.2. The molecule has 2 aromatic carbocycles. The van der Waals surface area contributed by atoms with Crippen LogP contribution >= 0.6 is 0 Å². The smallest absolute Gasteiger partial charge is 0.320 e. The Bertz CT molecular complexity index is 790. The molecule has 0 saturated carbocycles. The van der Waals surface area contributed by atoms with Gasteiger partial charge in [0.2, 0.25) is 0 Å². The molecular weight excluding hydrogens is 330 g/mol. The second-order valence-corrected chi connectivity index (χ2v) is 5.95. The van der Waals surface area contributed by atoms with E-state index in [1.807, 2.05) is 24.3 Å². The molecule has 3 rings (SSSR count). The molecule has 0 saturated heterocycles. The summed E-state index contributed by atoms with van der Waals surface area (Å²) in [6, 6.07) is 8.81. The predicted molar refractivity (Wildman–Crippen MR) is 88.6 cm³/mol. The molecule has 7 heteroatoms. The fourth-order valence-electron chi connectivity index (χ4n) is 3.23. The average molecular weight is 348 g/mol. The number of amides is 2. The molecule has 132 valence electrons.